The first-order chi connectivity index (χ1) is 13.3. The van der Waals surface area contributed by atoms with E-state index >= 15 is 0 Å². The average molecular weight is 370 g/mol. The van der Waals surface area contributed by atoms with Crippen molar-refractivity contribution in [3.63, 3.8) is 0 Å². The minimum atomic E-state index is 0.171. The van der Waals surface area contributed by atoms with E-state index in [1.165, 1.54) is 51.4 Å². The van der Waals surface area contributed by atoms with E-state index in [4.69, 9.17) is 0 Å². The smallest absolute Gasteiger partial charge is 0.220 e. The molecule has 1 rings (SSSR count). The molecule has 1 amide bonds. The minimum absolute atomic E-state index is 0.171. The van der Waals surface area contributed by atoms with Crippen molar-refractivity contribution in [3.05, 3.63) is 60.2 Å². The van der Waals surface area contributed by atoms with Gasteiger partial charge in [-0.25, -0.2) is 0 Å². The van der Waals surface area contributed by atoms with Crippen LogP contribution in [0.4, 0.5) is 0 Å². The van der Waals surface area contributed by atoms with Gasteiger partial charge in [0, 0.05) is 13.0 Å². The van der Waals surface area contributed by atoms with Gasteiger partial charge in [0.25, 0.3) is 0 Å². The van der Waals surface area contributed by atoms with Crippen LogP contribution in [-0.2, 0) is 11.3 Å². The standard InChI is InChI=1S/C25H39NO/c1-2-3-4-5-6-7-8-9-10-11-12-13-14-15-19-22-25(27)26-23-24-20-17-16-18-21-24/h6-7,9-10,16-18,20-21H,2-5,8,11-15,19,22-23H2,1H3,(H,26,27). The van der Waals surface area contributed by atoms with Crippen molar-refractivity contribution in [2.45, 2.75) is 90.5 Å². The number of rotatable bonds is 16. The molecule has 0 saturated heterocycles. The summed E-state index contributed by atoms with van der Waals surface area (Å²) in [6.45, 7) is 2.89. The molecule has 0 heterocycles. The largest absolute Gasteiger partial charge is 0.352 e. The highest BCUT2D eigenvalue weighted by molar-refractivity contribution is 5.75. The van der Waals surface area contributed by atoms with Gasteiger partial charge in [-0.2, -0.15) is 0 Å². The van der Waals surface area contributed by atoms with Crippen LogP contribution in [0.3, 0.4) is 0 Å². The van der Waals surface area contributed by atoms with E-state index in [-0.39, 0.29) is 5.91 Å². The van der Waals surface area contributed by atoms with Gasteiger partial charge in [0.15, 0.2) is 0 Å². The van der Waals surface area contributed by atoms with Gasteiger partial charge in [0.1, 0.15) is 0 Å². The number of unbranched alkanes of at least 4 members (excludes halogenated alkanes) is 8. The summed E-state index contributed by atoms with van der Waals surface area (Å²) < 4.78 is 0. The molecule has 2 nitrogen and oxygen atoms in total. The molecule has 1 aromatic carbocycles. The van der Waals surface area contributed by atoms with Crippen LogP contribution < -0.4 is 5.32 Å². The molecule has 0 unspecified atom stereocenters. The van der Waals surface area contributed by atoms with E-state index < -0.39 is 0 Å². The lowest BCUT2D eigenvalue weighted by atomic mass is 10.1. The molecule has 0 aromatic heterocycles. The molecule has 1 N–H and O–H groups in total. The third kappa shape index (κ3) is 15.0. The third-order valence-corrected chi connectivity index (χ3v) is 4.69. The highest BCUT2D eigenvalue weighted by Gasteiger charge is 2.00. The summed E-state index contributed by atoms with van der Waals surface area (Å²) in [6.07, 6.45) is 23.2. The summed E-state index contributed by atoms with van der Waals surface area (Å²) in [7, 11) is 0. The maximum Gasteiger partial charge on any atom is 0.220 e. The summed E-state index contributed by atoms with van der Waals surface area (Å²) in [4.78, 5) is 11.8. The summed E-state index contributed by atoms with van der Waals surface area (Å²) in [6, 6.07) is 10.1. The predicted octanol–water partition coefficient (Wildman–Crippen LogP) is 7.12. The molecule has 0 radical (unpaired) electrons. The van der Waals surface area contributed by atoms with Gasteiger partial charge >= 0.3 is 0 Å². The van der Waals surface area contributed by atoms with Crippen LogP contribution in [0.1, 0.15) is 89.5 Å². The quantitative estimate of drug-likeness (QED) is 0.244. The number of nitrogens with one attached hydrogen (secondary N) is 1. The molecule has 0 aliphatic rings. The Kier molecular flexibility index (Phi) is 15.1. The van der Waals surface area contributed by atoms with Crippen molar-refractivity contribution in [2.75, 3.05) is 0 Å². The Morgan fingerprint density at radius 3 is 2.15 bits per heavy atom. The zero-order chi connectivity index (χ0) is 19.4. The second-order valence-corrected chi connectivity index (χ2v) is 7.24. The molecule has 0 spiro atoms. The number of allylic oxidation sites excluding steroid dienone is 4. The van der Waals surface area contributed by atoms with Gasteiger partial charge < -0.3 is 5.32 Å². The number of carbonyl (C=O) groups is 1. The van der Waals surface area contributed by atoms with Crippen LogP contribution in [0.25, 0.3) is 0 Å². The van der Waals surface area contributed by atoms with Gasteiger partial charge in [-0.05, 0) is 44.1 Å². The van der Waals surface area contributed by atoms with Crippen LogP contribution in [0.5, 0.6) is 0 Å². The first kappa shape index (κ1) is 23.2. The molecule has 2 heteroatoms. The van der Waals surface area contributed by atoms with Crippen LogP contribution in [0.15, 0.2) is 54.6 Å². The first-order valence-electron chi connectivity index (χ1n) is 10.9. The summed E-state index contributed by atoms with van der Waals surface area (Å²) in [5.74, 6) is 0.171. The van der Waals surface area contributed by atoms with Crippen LogP contribution in [-0.4, -0.2) is 5.91 Å². The minimum Gasteiger partial charge on any atom is -0.352 e. The van der Waals surface area contributed by atoms with Crippen molar-refractivity contribution < 1.29 is 4.79 Å². The Hall–Kier alpha value is -1.83. The maximum absolute atomic E-state index is 11.8. The van der Waals surface area contributed by atoms with Gasteiger partial charge in [-0.1, -0.05) is 93.7 Å². The number of amides is 1. The van der Waals surface area contributed by atoms with Crippen molar-refractivity contribution in [1.82, 2.24) is 5.32 Å². The van der Waals surface area contributed by atoms with Gasteiger partial charge in [0.2, 0.25) is 5.91 Å². The Morgan fingerprint density at radius 2 is 1.44 bits per heavy atom. The lowest BCUT2D eigenvalue weighted by Crippen LogP contribution is -2.22. The summed E-state index contributed by atoms with van der Waals surface area (Å²) >= 11 is 0. The van der Waals surface area contributed by atoms with E-state index in [0.717, 1.165) is 24.8 Å². The highest BCUT2D eigenvalue weighted by Crippen LogP contribution is 2.08. The monoisotopic (exact) mass is 369 g/mol. The Balaban J connectivity index is 1.85. The number of hydrogen-bond donors (Lipinski definition) is 1. The number of carbonyl (C=O) groups excluding carboxylic acids is 1. The first-order valence-corrected chi connectivity index (χ1v) is 10.9. The molecule has 150 valence electrons. The Morgan fingerprint density at radius 1 is 0.815 bits per heavy atom. The van der Waals surface area contributed by atoms with Gasteiger partial charge in [-0.15, -0.1) is 0 Å². The third-order valence-electron chi connectivity index (χ3n) is 4.69. The molecule has 0 atom stereocenters. The van der Waals surface area contributed by atoms with Crippen LogP contribution >= 0.6 is 0 Å². The van der Waals surface area contributed by atoms with E-state index in [0.29, 0.717) is 13.0 Å². The summed E-state index contributed by atoms with van der Waals surface area (Å²) in [5, 5.41) is 2.99. The average Bonchev–Trinajstić information content (AvgIpc) is 2.70. The molecule has 27 heavy (non-hydrogen) atoms. The van der Waals surface area contributed by atoms with Crippen LogP contribution in [0, 0.1) is 0 Å². The van der Waals surface area contributed by atoms with Crippen molar-refractivity contribution >= 4 is 5.91 Å². The van der Waals surface area contributed by atoms with Crippen molar-refractivity contribution in [2.24, 2.45) is 0 Å². The maximum atomic E-state index is 11.8. The van der Waals surface area contributed by atoms with Gasteiger partial charge in [-0.3, -0.25) is 4.79 Å². The molecular weight excluding hydrogens is 330 g/mol. The van der Waals surface area contributed by atoms with E-state index in [1.807, 2.05) is 30.3 Å². The lowest BCUT2D eigenvalue weighted by Gasteiger charge is -2.05. The zero-order valence-electron chi connectivity index (χ0n) is 17.3. The molecule has 0 aliphatic carbocycles. The van der Waals surface area contributed by atoms with E-state index in [9.17, 15) is 4.79 Å². The highest BCUT2D eigenvalue weighted by atomic mass is 16.1. The molecule has 0 fully saturated rings. The molecule has 0 bridgehead atoms. The predicted molar refractivity (Wildman–Crippen MR) is 118 cm³/mol. The molecule has 0 saturated carbocycles. The number of hydrogen-bond acceptors (Lipinski definition) is 1. The fourth-order valence-electron chi connectivity index (χ4n) is 2.98. The second kappa shape index (κ2) is 17.6. The Labute approximate surface area is 167 Å². The SMILES string of the molecule is CCCCCC=CCC=CCCCCCCCC(=O)NCc1ccccc1. The van der Waals surface area contributed by atoms with Crippen molar-refractivity contribution in [3.8, 4) is 0 Å². The zero-order valence-corrected chi connectivity index (χ0v) is 17.3. The summed E-state index contributed by atoms with van der Waals surface area (Å²) in [5.41, 5.74) is 1.16. The molecule has 0 aliphatic heterocycles. The fourth-order valence-corrected chi connectivity index (χ4v) is 2.98. The topological polar surface area (TPSA) is 29.1 Å². The second-order valence-electron chi connectivity index (χ2n) is 7.24. The molecule has 1 aromatic rings. The number of benzene rings is 1. The Bertz CT molecular complexity index is 518. The van der Waals surface area contributed by atoms with E-state index in [1.54, 1.807) is 0 Å². The normalized spacial score (nSPS) is 11.4. The van der Waals surface area contributed by atoms with E-state index in [2.05, 4.69) is 36.5 Å². The van der Waals surface area contributed by atoms with Gasteiger partial charge in [0.05, 0.1) is 0 Å². The fraction of sp³-hybridized carbons (Fsp3) is 0.560. The van der Waals surface area contributed by atoms with Crippen molar-refractivity contribution in [1.29, 1.82) is 0 Å². The van der Waals surface area contributed by atoms with Crippen LogP contribution in [0.2, 0.25) is 0 Å². The lowest BCUT2D eigenvalue weighted by molar-refractivity contribution is -0.121. The molecular formula is C25H39NO.